The molecular formula is C21H25N3O3. The van der Waals surface area contributed by atoms with Crippen molar-refractivity contribution in [1.29, 1.82) is 0 Å². The number of nitrogens with zero attached hydrogens (tertiary/aromatic N) is 3. The number of aryl methyl sites for hydroxylation is 3. The Bertz CT molecular complexity index is 978. The zero-order valence-electron chi connectivity index (χ0n) is 16.2. The molecule has 0 bridgehead atoms. The fraction of sp³-hybridized carbons (Fsp3) is 0.381. The first-order valence-corrected chi connectivity index (χ1v) is 9.13. The Morgan fingerprint density at radius 2 is 2.00 bits per heavy atom. The highest BCUT2D eigenvalue weighted by atomic mass is 16.5. The number of pyridine rings is 1. The highest BCUT2D eigenvalue weighted by Gasteiger charge is 2.23. The molecule has 0 spiro atoms. The SMILES string of the molecule is CCOC(=O)C[C@H](c1ccc(C)c(CO)c1)c1ccn2c(C)nnc2c1C. The number of fused-ring (bicyclic) bond motifs is 1. The fourth-order valence-corrected chi connectivity index (χ4v) is 3.46. The smallest absolute Gasteiger partial charge is 0.306 e. The molecule has 6 nitrogen and oxygen atoms in total. The normalized spacial score (nSPS) is 12.3. The Kier molecular flexibility index (Phi) is 5.56. The molecule has 0 radical (unpaired) electrons. The second kappa shape index (κ2) is 7.88. The summed E-state index contributed by atoms with van der Waals surface area (Å²) in [7, 11) is 0. The van der Waals surface area contributed by atoms with Crippen molar-refractivity contribution in [2.24, 2.45) is 0 Å². The summed E-state index contributed by atoms with van der Waals surface area (Å²) < 4.78 is 7.14. The summed E-state index contributed by atoms with van der Waals surface area (Å²) >= 11 is 0. The van der Waals surface area contributed by atoms with E-state index in [0.29, 0.717) is 6.61 Å². The molecule has 2 aromatic heterocycles. The van der Waals surface area contributed by atoms with E-state index in [9.17, 15) is 9.90 Å². The Hall–Kier alpha value is -2.73. The van der Waals surface area contributed by atoms with Crippen LogP contribution in [-0.4, -0.2) is 32.3 Å². The molecule has 0 aliphatic heterocycles. The molecule has 6 heteroatoms. The van der Waals surface area contributed by atoms with Gasteiger partial charge in [0.25, 0.3) is 0 Å². The molecule has 0 fully saturated rings. The van der Waals surface area contributed by atoms with Crippen molar-refractivity contribution >= 4 is 11.6 Å². The number of aliphatic hydroxyl groups is 1. The van der Waals surface area contributed by atoms with Crippen molar-refractivity contribution in [2.45, 2.75) is 46.6 Å². The molecule has 0 unspecified atom stereocenters. The van der Waals surface area contributed by atoms with Gasteiger partial charge in [0, 0.05) is 12.1 Å². The molecule has 1 aromatic carbocycles. The zero-order chi connectivity index (χ0) is 19.6. The van der Waals surface area contributed by atoms with Crippen molar-refractivity contribution in [3.63, 3.8) is 0 Å². The first-order valence-electron chi connectivity index (χ1n) is 9.13. The van der Waals surface area contributed by atoms with Gasteiger partial charge in [-0.3, -0.25) is 9.20 Å². The summed E-state index contributed by atoms with van der Waals surface area (Å²) in [4.78, 5) is 12.3. The van der Waals surface area contributed by atoms with Gasteiger partial charge >= 0.3 is 5.97 Å². The molecule has 3 aromatic rings. The van der Waals surface area contributed by atoms with Crippen LogP contribution in [-0.2, 0) is 16.1 Å². The van der Waals surface area contributed by atoms with E-state index in [4.69, 9.17) is 4.74 Å². The van der Waals surface area contributed by atoms with E-state index in [1.54, 1.807) is 6.92 Å². The van der Waals surface area contributed by atoms with Gasteiger partial charge in [0.15, 0.2) is 5.65 Å². The van der Waals surface area contributed by atoms with Gasteiger partial charge in [0.2, 0.25) is 0 Å². The molecule has 0 aliphatic carbocycles. The van der Waals surface area contributed by atoms with Gasteiger partial charge in [0.05, 0.1) is 19.6 Å². The van der Waals surface area contributed by atoms with Crippen LogP contribution >= 0.6 is 0 Å². The lowest BCUT2D eigenvalue weighted by Gasteiger charge is -2.21. The predicted molar refractivity (Wildman–Crippen MR) is 103 cm³/mol. The third-order valence-corrected chi connectivity index (χ3v) is 5.04. The summed E-state index contributed by atoms with van der Waals surface area (Å²) in [5, 5.41) is 18.1. The molecule has 0 saturated heterocycles. The molecular weight excluding hydrogens is 342 g/mol. The highest BCUT2D eigenvalue weighted by Crippen LogP contribution is 2.33. The average Bonchev–Trinajstić information content (AvgIpc) is 3.03. The van der Waals surface area contributed by atoms with Gasteiger partial charge in [0.1, 0.15) is 5.82 Å². The van der Waals surface area contributed by atoms with E-state index in [1.165, 1.54) is 0 Å². The van der Waals surface area contributed by atoms with Crippen molar-refractivity contribution in [2.75, 3.05) is 6.61 Å². The van der Waals surface area contributed by atoms with Crippen LogP contribution in [0.25, 0.3) is 5.65 Å². The number of aliphatic hydroxyl groups excluding tert-OH is 1. The van der Waals surface area contributed by atoms with Crippen LogP contribution in [0.4, 0.5) is 0 Å². The second-order valence-corrected chi connectivity index (χ2v) is 6.74. The van der Waals surface area contributed by atoms with E-state index in [0.717, 1.165) is 39.3 Å². The third kappa shape index (κ3) is 3.71. The van der Waals surface area contributed by atoms with Gasteiger partial charge in [-0.15, -0.1) is 10.2 Å². The van der Waals surface area contributed by atoms with Crippen LogP contribution in [0.3, 0.4) is 0 Å². The van der Waals surface area contributed by atoms with Crippen LogP contribution < -0.4 is 0 Å². The maximum Gasteiger partial charge on any atom is 0.306 e. The Labute approximate surface area is 158 Å². The van der Waals surface area contributed by atoms with Gasteiger partial charge in [-0.2, -0.15) is 0 Å². The lowest BCUT2D eigenvalue weighted by molar-refractivity contribution is -0.143. The number of hydrogen-bond donors (Lipinski definition) is 1. The quantitative estimate of drug-likeness (QED) is 0.677. The van der Waals surface area contributed by atoms with Crippen molar-refractivity contribution in [3.05, 3.63) is 64.1 Å². The lowest BCUT2D eigenvalue weighted by atomic mass is 9.85. The van der Waals surface area contributed by atoms with Crippen LogP contribution in [0.15, 0.2) is 30.5 Å². The summed E-state index contributed by atoms with van der Waals surface area (Å²) in [6.45, 7) is 7.99. The van der Waals surface area contributed by atoms with E-state index < -0.39 is 0 Å². The molecule has 1 atom stereocenters. The van der Waals surface area contributed by atoms with Gasteiger partial charge in [-0.05, 0) is 61.6 Å². The third-order valence-electron chi connectivity index (χ3n) is 5.04. The molecule has 1 N–H and O–H groups in total. The summed E-state index contributed by atoms with van der Waals surface area (Å²) in [5.74, 6) is 0.391. The van der Waals surface area contributed by atoms with E-state index in [-0.39, 0.29) is 24.9 Å². The first kappa shape index (κ1) is 19.0. The van der Waals surface area contributed by atoms with E-state index in [1.807, 2.05) is 55.6 Å². The van der Waals surface area contributed by atoms with Crippen LogP contribution in [0.5, 0.6) is 0 Å². The van der Waals surface area contributed by atoms with Crippen molar-refractivity contribution in [3.8, 4) is 0 Å². The Morgan fingerprint density at radius 1 is 1.22 bits per heavy atom. The number of rotatable bonds is 6. The summed E-state index contributed by atoms with van der Waals surface area (Å²) in [5.41, 5.74) is 5.64. The summed E-state index contributed by atoms with van der Waals surface area (Å²) in [6, 6.07) is 7.98. The number of hydrogen-bond acceptors (Lipinski definition) is 5. The van der Waals surface area contributed by atoms with Crippen LogP contribution in [0.1, 0.15) is 52.9 Å². The van der Waals surface area contributed by atoms with E-state index in [2.05, 4.69) is 10.2 Å². The van der Waals surface area contributed by atoms with Gasteiger partial charge in [-0.25, -0.2) is 0 Å². The van der Waals surface area contributed by atoms with Gasteiger partial charge in [-0.1, -0.05) is 18.2 Å². The number of carbonyl (C=O) groups excluding carboxylic acids is 1. The monoisotopic (exact) mass is 367 g/mol. The molecule has 0 saturated carbocycles. The highest BCUT2D eigenvalue weighted by molar-refractivity contribution is 5.72. The molecule has 2 heterocycles. The Morgan fingerprint density at radius 3 is 2.70 bits per heavy atom. The maximum absolute atomic E-state index is 12.3. The minimum atomic E-state index is -0.245. The molecule has 0 aliphatic rings. The number of carbonyl (C=O) groups is 1. The van der Waals surface area contributed by atoms with Gasteiger partial charge < -0.3 is 9.84 Å². The topological polar surface area (TPSA) is 76.7 Å². The standard InChI is InChI=1S/C21H25N3O3/c1-5-27-20(26)11-19(16-7-6-13(2)17(10-16)12-25)18-8-9-24-15(4)22-23-21(24)14(18)3/h6-10,19,25H,5,11-12H2,1-4H3/t19-/m1/s1. The Balaban J connectivity index is 2.12. The zero-order valence-corrected chi connectivity index (χ0v) is 16.2. The minimum absolute atomic E-state index is 0.0345. The fourth-order valence-electron chi connectivity index (χ4n) is 3.46. The molecule has 0 amide bonds. The summed E-state index contributed by atoms with van der Waals surface area (Å²) in [6.07, 6.45) is 2.16. The molecule has 142 valence electrons. The predicted octanol–water partition coefficient (Wildman–Crippen LogP) is 3.23. The average molecular weight is 367 g/mol. The number of aromatic nitrogens is 3. The van der Waals surface area contributed by atoms with Crippen LogP contribution in [0, 0.1) is 20.8 Å². The first-order chi connectivity index (χ1) is 13.0. The van der Waals surface area contributed by atoms with E-state index >= 15 is 0 Å². The largest absolute Gasteiger partial charge is 0.466 e. The number of ether oxygens (including phenoxy) is 1. The lowest BCUT2D eigenvalue weighted by Crippen LogP contribution is -2.14. The second-order valence-electron chi connectivity index (χ2n) is 6.74. The van der Waals surface area contributed by atoms with Crippen molar-refractivity contribution < 1.29 is 14.6 Å². The number of esters is 1. The molecule has 3 rings (SSSR count). The molecule has 27 heavy (non-hydrogen) atoms. The van der Waals surface area contributed by atoms with Crippen molar-refractivity contribution in [1.82, 2.24) is 14.6 Å². The van der Waals surface area contributed by atoms with Crippen LogP contribution in [0.2, 0.25) is 0 Å². The number of benzene rings is 1. The minimum Gasteiger partial charge on any atom is -0.466 e. The maximum atomic E-state index is 12.3.